The number of nitrogens with zero attached hydrogens (tertiary/aromatic N) is 2. The Morgan fingerprint density at radius 3 is 2.91 bits per heavy atom. The molecule has 2 aliphatic heterocycles. The van der Waals surface area contributed by atoms with Gasteiger partial charge in [0, 0.05) is 22.5 Å². The zero-order valence-electron chi connectivity index (χ0n) is 17.2. The maximum Gasteiger partial charge on any atom is 0.260 e. The molecule has 0 radical (unpaired) electrons. The lowest BCUT2D eigenvalue weighted by molar-refractivity contribution is -0.126. The van der Waals surface area contributed by atoms with Gasteiger partial charge in [0.25, 0.3) is 5.91 Å². The number of carbonyl (C=O) groups excluding carboxylic acids is 1. The number of para-hydroxylation sites is 1. The van der Waals surface area contributed by atoms with Crippen LogP contribution in [-0.2, 0) is 9.63 Å². The van der Waals surface area contributed by atoms with Crippen molar-refractivity contribution < 1.29 is 19.1 Å². The Morgan fingerprint density at radius 2 is 2.06 bits per heavy atom. The van der Waals surface area contributed by atoms with E-state index in [-0.39, 0.29) is 24.4 Å². The molecule has 2 aliphatic rings. The topological polar surface area (TPSA) is 111 Å². The van der Waals surface area contributed by atoms with Crippen LogP contribution in [0.1, 0.15) is 24.0 Å². The summed E-state index contributed by atoms with van der Waals surface area (Å²) in [4.78, 5) is 25.1. The largest absolute Gasteiger partial charge is 0.494 e. The molecule has 0 saturated carbocycles. The van der Waals surface area contributed by atoms with Gasteiger partial charge >= 0.3 is 0 Å². The molecule has 32 heavy (non-hydrogen) atoms. The second-order valence-electron chi connectivity index (χ2n) is 7.82. The van der Waals surface area contributed by atoms with Crippen molar-refractivity contribution in [2.45, 2.75) is 18.9 Å². The number of oxime groups is 1. The van der Waals surface area contributed by atoms with E-state index in [1.165, 1.54) is 12.1 Å². The summed E-state index contributed by atoms with van der Waals surface area (Å²) in [6.07, 6.45) is 1.75. The third-order valence-electron chi connectivity index (χ3n) is 5.65. The molecule has 3 heterocycles. The zero-order chi connectivity index (χ0) is 22.1. The lowest BCUT2D eigenvalue weighted by Gasteiger charge is -2.23. The van der Waals surface area contributed by atoms with Crippen LogP contribution in [0.5, 0.6) is 5.88 Å². The average molecular weight is 435 g/mol. The first-order valence-corrected chi connectivity index (χ1v) is 10.5. The molecule has 0 atom stereocenters. The number of aromatic nitrogens is 1. The smallest absolute Gasteiger partial charge is 0.260 e. The van der Waals surface area contributed by atoms with Crippen LogP contribution in [0.25, 0.3) is 10.9 Å². The highest BCUT2D eigenvalue weighted by Crippen LogP contribution is 2.35. The Kier molecular flexibility index (Phi) is 5.32. The third-order valence-corrected chi connectivity index (χ3v) is 5.65. The molecule has 0 spiro atoms. The van der Waals surface area contributed by atoms with Crippen molar-refractivity contribution in [2.24, 2.45) is 10.1 Å². The van der Waals surface area contributed by atoms with Gasteiger partial charge in [0.2, 0.25) is 0 Å². The molecule has 2 aromatic carbocycles. The number of fused-ring (bicyclic) bond motifs is 2. The van der Waals surface area contributed by atoms with Crippen LogP contribution >= 0.6 is 0 Å². The van der Waals surface area contributed by atoms with Gasteiger partial charge in [-0.1, -0.05) is 23.4 Å². The van der Waals surface area contributed by atoms with E-state index < -0.39 is 5.82 Å². The molecule has 164 valence electrons. The minimum Gasteiger partial charge on any atom is -0.494 e. The van der Waals surface area contributed by atoms with Crippen LogP contribution in [0, 0.1) is 5.82 Å². The van der Waals surface area contributed by atoms with Gasteiger partial charge in [0.05, 0.1) is 11.3 Å². The van der Waals surface area contributed by atoms with E-state index in [4.69, 9.17) is 4.84 Å². The summed E-state index contributed by atoms with van der Waals surface area (Å²) in [5.41, 5.74) is 2.96. The molecular formula is C23H22FN5O3. The summed E-state index contributed by atoms with van der Waals surface area (Å²) >= 11 is 0. The fourth-order valence-corrected chi connectivity index (χ4v) is 4.12. The number of halogens is 1. The van der Waals surface area contributed by atoms with E-state index in [2.05, 4.69) is 25.8 Å². The first kappa shape index (κ1) is 20.2. The van der Waals surface area contributed by atoms with Gasteiger partial charge in [0.15, 0.2) is 12.5 Å². The van der Waals surface area contributed by atoms with Crippen molar-refractivity contribution in [2.75, 3.05) is 19.7 Å². The highest BCUT2D eigenvalue weighted by atomic mass is 19.1. The number of H-pyrrole nitrogens is 1. The van der Waals surface area contributed by atoms with E-state index in [9.17, 15) is 14.3 Å². The zero-order valence-corrected chi connectivity index (χ0v) is 17.2. The molecular weight excluding hydrogens is 413 g/mol. The summed E-state index contributed by atoms with van der Waals surface area (Å²) in [5, 5.41) is 21.4. The predicted molar refractivity (Wildman–Crippen MR) is 119 cm³/mol. The maximum absolute atomic E-state index is 13.9. The normalized spacial score (nSPS) is 17.4. The Bertz CT molecular complexity index is 1240. The van der Waals surface area contributed by atoms with Gasteiger partial charge in [-0.2, -0.15) is 0 Å². The molecule has 0 aliphatic carbocycles. The Hall–Kier alpha value is -3.72. The number of piperidine rings is 1. The van der Waals surface area contributed by atoms with E-state index in [0.717, 1.165) is 25.9 Å². The number of aromatic amines is 1. The van der Waals surface area contributed by atoms with Gasteiger partial charge in [-0.05, 0) is 50.2 Å². The van der Waals surface area contributed by atoms with Gasteiger partial charge in [0.1, 0.15) is 17.2 Å². The van der Waals surface area contributed by atoms with Crippen molar-refractivity contribution >= 4 is 33.9 Å². The number of hydrogen-bond acceptors (Lipinski definition) is 6. The van der Waals surface area contributed by atoms with Crippen molar-refractivity contribution in [3.63, 3.8) is 0 Å². The summed E-state index contributed by atoms with van der Waals surface area (Å²) in [6, 6.07) is 11.6. The first-order chi connectivity index (χ1) is 15.6. The fraction of sp³-hybridized carbons (Fsp3) is 0.261. The van der Waals surface area contributed by atoms with Crippen LogP contribution in [0.2, 0.25) is 0 Å². The van der Waals surface area contributed by atoms with Gasteiger partial charge in [-0.25, -0.2) is 9.38 Å². The number of rotatable bonds is 5. The standard InChI is InChI=1S/C23H22FN5O3/c24-13-5-6-18-16(11-13)20(23(31)28-18)22-21(15-3-1-2-4-17(15)27-22)29-32-12-19(30)26-14-7-9-25-10-8-14/h1-6,11,14,25,28,31H,7-10,12H2,(H,26,30). The van der Waals surface area contributed by atoms with Gasteiger partial charge in [-0.15, -0.1) is 0 Å². The molecule has 3 aromatic rings. The number of benzene rings is 2. The number of amides is 1. The maximum atomic E-state index is 13.9. The summed E-state index contributed by atoms with van der Waals surface area (Å²) in [5.74, 6) is -0.824. The lowest BCUT2D eigenvalue weighted by atomic mass is 10.0. The van der Waals surface area contributed by atoms with Crippen molar-refractivity contribution in [1.82, 2.24) is 15.6 Å². The van der Waals surface area contributed by atoms with E-state index in [1.54, 1.807) is 6.07 Å². The minimum absolute atomic E-state index is 0.127. The third kappa shape index (κ3) is 3.82. The molecule has 9 heteroatoms. The van der Waals surface area contributed by atoms with E-state index in [0.29, 0.717) is 39.1 Å². The average Bonchev–Trinajstić information content (AvgIpc) is 3.30. The predicted octanol–water partition coefficient (Wildman–Crippen LogP) is 2.74. The molecule has 1 aromatic heterocycles. The number of aromatic hydroxyl groups is 1. The highest BCUT2D eigenvalue weighted by Gasteiger charge is 2.29. The summed E-state index contributed by atoms with van der Waals surface area (Å²) in [6.45, 7) is 1.51. The number of aliphatic imine (C=N–C) groups is 1. The minimum atomic E-state index is -0.432. The van der Waals surface area contributed by atoms with Crippen LogP contribution in [-0.4, -0.2) is 53.2 Å². The quantitative estimate of drug-likeness (QED) is 0.462. The van der Waals surface area contributed by atoms with Crippen molar-refractivity contribution in [3.05, 3.63) is 59.4 Å². The van der Waals surface area contributed by atoms with Gasteiger partial charge < -0.3 is 25.6 Å². The van der Waals surface area contributed by atoms with E-state index in [1.807, 2.05) is 24.3 Å². The first-order valence-electron chi connectivity index (χ1n) is 10.5. The van der Waals surface area contributed by atoms with Crippen LogP contribution < -0.4 is 10.6 Å². The molecule has 5 rings (SSSR count). The highest BCUT2D eigenvalue weighted by molar-refractivity contribution is 6.58. The molecule has 1 saturated heterocycles. The molecule has 4 N–H and O–H groups in total. The number of nitrogens with one attached hydrogen (secondary N) is 3. The summed E-state index contributed by atoms with van der Waals surface area (Å²) in [7, 11) is 0. The van der Waals surface area contributed by atoms with Crippen molar-refractivity contribution in [1.29, 1.82) is 0 Å². The molecule has 0 bridgehead atoms. The Labute approximate surface area is 183 Å². The van der Waals surface area contributed by atoms with Crippen molar-refractivity contribution in [3.8, 4) is 5.88 Å². The summed E-state index contributed by atoms with van der Waals surface area (Å²) < 4.78 is 13.9. The molecule has 1 fully saturated rings. The van der Waals surface area contributed by atoms with Crippen LogP contribution in [0.15, 0.2) is 52.6 Å². The lowest BCUT2D eigenvalue weighted by Crippen LogP contribution is -2.43. The molecule has 0 unspecified atom stereocenters. The monoisotopic (exact) mass is 435 g/mol. The second-order valence-corrected chi connectivity index (χ2v) is 7.82. The Morgan fingerprint density at radius 1 is 1.25 bits per heavy atom. The molecule has 1 amide bonds. The Balaban J connectivity index is 1.42. The van der Waals surface area contributed by atoms with Gasteiger partial charge in [-0.3, -0.25) is 4.79 Å². The number of carbonyl (C=O) groups is 1. The number of hydrogen-bond donors (Lipinski definition) is 4. The molecule has 8 nitrogen and oxygen atoms in total. The fourth-order valence-electron chi connectivity index (χ4n) is 4.12. The van der Waals surface area contributed by atoms with Crippen LogP contribution in [0.4, 0.5) is 10.1 Å². The van der Waals surface area contributed by atoms with E-state index >= 15 is 0 Å². The SMILES string of the molecule is O=C(CON=C1C(c2c(O)[nH]c3ccc(F)cc23)=Nc2ccccc21)NC1CCNCC1. The van der Waals surface area contributed by atoms with Crippen LogP contribution in [0.3, 0.4) is 0 Å². The second kappa shape index (κ2) is 8.43.